The Labute approximate surface area is 41.9 Å². The molecule has 0 fully saturated rings. The zero-order valence-corrected chi connectivity index (χ0v) is 4.79. The van der Waals surface area contributed by atoms with Crippen molar-refractivity contribution in [2.45, 2.75) is 20.3 Å². The molecule has 0 aliphatic heterocycles. The van der Waals surface area contributed by atoms with Crippen LogP contribution in [-0.2, 0) is 16.2 Å². The van der Waals surface area contributed by atoms with Crippen LogP contribution in [0.15, 0.2) is 0 Å². The third kappa shape index (κ3) is 88400. The highest BCUT2D eigenvalue weighted by atomic mass is 32.2. The highest BCUT2D eigenvalue weighted by Gasteiger charge is 1.61. The normalized spacial score (nSPS) is 5.17. The van der Waals surface area contributed by atoms with Gasteiger partial charge in [0.1, 0.15) is 0 Å². The van der Waals surface area contributed by atoms with Gasteiger partial charge in [0.2, 0.25) is 0 Å². The average molecular weight is 109 g/mol. The lowest BCUT2D eigenvalue weighted by atomic mass is 10.6. The minimum absolute atomic E-state index is 0.500. The maximum absolute atomic E-state index is 8.40. The van der Waals surface area contributed by atoms with Gasteiger partial charge in [-0.3, -0.25) is 0 Å². The van der Waals surface area contributed by atoms with Gasteiger partial charge in [0.25, 0.3) is 0 Å². The molecule has 1 N–H and O–H groups in total. The van der Waals surface area contributed by atoms with Gasteiger partial charge in [-0.15, -0.1) is 0 Å². The topological polar surface area (TPSA) is 37.3 Å². The lowest BCUT2D eigenvalue weighted by molar-refractivity contribution is 0.538. The first-order valence-corrected chi connectivity index (χ1v) is 2.46. The summed E-state index contributed by atoms with van der Waals surface area (Å²) < 4.78 is 15.3. The zero-order valence-electron chi connectivity index (χ0n) is 3.97. The van der Waals surface area contributed by atoms with Crippen molar-refractivity contribution in [2.75, 3.05) is 0 Å². The lowest BCUT2D eigenvalue weighted by Crippen LogP contribution is -1.35. The Bertz CT molecular complexity index is 22.8. The molecule has 6 heavy (non-hydrogen) atoms. The van der Waals surface area contributed by atoms with Crippen molar-refractivity contribution < 1.29 is 8.76 Å². The summed E-state index contributed by atoms with van der Waals surface area (Å²) in [7, 11) is 0. The standard InChI is InChI=1S/C3H8.O2S/c2*1-3-2/h3H2,1-2H3;/p+1. The number of hydrogen-bond donors (Lipinski definition) is 1. The summed E-state index contributed by atoms with van der Waals surface area (Å²) in [6.45, 7) is 4.25. The first-order valence-electron chi connectivity index (χ1n) is 1.76. The molecule has 0 radical (unpaired) electrons. The van der Waals surface area contributed by atoms with E-state index < -0.39 is 11.9 Å². The highest BCUT2D eigenvalue weighted by molar-refractivity contribution is 7.59. The van der Waals surface area contributed by atoms with E-state index in [1.807, 2.05) is 0 Å². The molecule has 0 amide bonds. The molecular weight excluding hydrogens is 100 g/mol. The molecule has 38 valence electrons. The van der Waals surface area contributed by atoms with Crippen LogP contribution in [0.1, 0.15) is 20.3 Å². The molecular formula is C3H9O2S+. The molecule has 0 rings (SSSR count). The van der Waals surface area contributed by atoms with Gasteiger partial charge < -0.3 is 0 Å². The fourth-order valence-electron chi connectivity index (χ4n) is 0. The third-order valence-electron chi connectivity index (χ3n) is 0. The molecule has 0 saturated carbocycles. The van der Waals surface area contributed by atoms with Crippen molar-refractivity contribution in [3.05, 3.63) is 0 Å². The second kappa shape index (κ2) is 20.1. The fourth-order valence-corrected chi connectivity index (χ4v) is 0. The fraction of sp³-hybridized carbons (Fsp3) is 1.00. The molecule has 0 atom stereocenters. The van der Waals surface area contributed by atoms with Crippen LogP contribution in [-0.4, -0.2) is 4.55 Å². The van der Waals surface area contributed by atoms with Crippen molar-refractivity contribution in [1.29, 1.82) is 0 Å². The van der Waals surface area contributed by atoms with Crippen molar-refractivity contribution in [3.8, 4) is 0 Å². The van der Waals surface area contributed by atoms with Crippen molar-refractivity contribution >= 4 is 11.9 Å². The Morgan fingerprint density at radius 1 is 1.67 bits per heavy atom. The Balaban J connectivity index is 0. The van der Waals surface area contributed by atoms with Crippen LogP contribution in [0.5, 0.6) is 0 Å². The van der Waals surface area contributed by atoms with E-state index in [1.165, 1.54) is 6.42 Å². The van der Waals surface area contributed by atoms with Crippen LogP contribution in [0.3, 0.4) is 0 Å². The second-order valence-electron chi connectivity index (χ2n) is 0.782. The van der Waals surface area contributed by atoms with Gasteiger partial charge in [-0.2, -0.15) is 0 Å². The second-order valence-corrected chi connectivity index (χ2v) is 0.931. The summed E-state index contributed by atoms with van der Waals surface area (Å²) in [4.78, 5) is 0. The van der Waals surface area contributed by atoms with Crippen molar-refractivity contribution in [1.82, 2.24) is 0 Å². The van der Waals surface area contributed by atoms with Gasteiger partial charge in [-0.25, -0.2) is 0 Å². The van der Waals surface area contributed by atoms with Crippen LogP contribution in [0.2, 0.25) is 0 Å². The van der Waals surface area contributed by atoms with E-state index in [1.54, 1.807) is 0 Å². The van der Waals surface area contributed by atoms with Crippen molar-refractivity contribution in [3.63, 3.8) is 0 Å². The summed E-state index contributed by atoms with van der Waals surface area (Å²) in [5, 5.41) is 0. The van der Waals surface area contributed by atoms with Gasteiger partial charge in [-0.1, -0.05) is 24.8 Å². The van der Waals surface area contributed by atoms with E-state index in [0.29, 0.717) is 0 Å². The molecule has 0 aromatic heterocycles. The Kier molecular flexibility index (Phi) is 31.4. The van der Waals surface area contributed by atoms with Gasteiger partial charge in [0.15, 0.2) is 0 Å². The maximum Gasteiger partial charge on any atom is 0.690 e. The predicted molar refractivity (Wildman–Crippen MR) is 26.6 cm³/mol. The summed E-state index contributed by atoms with van der Waals surface area (Å²) >= 11 is -0.500. The van der Waals surface area contributed by atoms with Crippen LogP contribution in [0.4, 0.5) is 0 Å². The Hall–Kier alpha value is -0.0200. The Morgan fingerprint density at radius 2 is 1.67 bits per heavy atom. The zero-order chi connectivity index (χ0) is 5.41. The Morgan fingerprint density at radius 3 is 1.67 bits per heavy atom. The minimum atomic E-state index is -0.500. The van der Waals surface area contributed by atoms with Crippen LogP contribution in [0, 0.1) is 0 Å². The molecule has 0 saturated heterocycles. The summed E-state index contributed by atoms with van der Waals surface area (Å²) in [6.07, 6.45) is 1.25. The summed E-state index contributed by atoms with van der Waals surface area (Å²) in [5.41, 5.74) is 0. The molecule has 0 aromatic rings. The molecule has 0 unspecified atom stereocenters. The molecule has 3 heteroatoms. The van der Waals surface area contributed by atoms with E-state index in [0.717, 1.165) is 0 Å². The molecule has 0 aromatic carbocycles. The monoisotopic (exact) mass is 109 g/mol. The molecule has 0 aliphatic rings. The molecule has 0 heterocycles. The van der Waals surface area contributed by atoms with Crippen LogP contribution < -0.4 is 0 Å². The van der Waals surface area contributed by atoms with E-state index in [9.17, 15) is 0 Å². The van der Waals surface area contributed by atoms with Crippen molar-refractivity contribution in [2.24, 2.45) is 0 Å². The van der Waals surface area contributed by atoms with Gasteiger partial charge >= 0.3 is 11.9 Å². The third-order valence-corrected chi connectivity index (χ3v) is 0. The molecule has 2 nitrogen and oxygen atoms in total. The quantitative estimate of drug-likeness (QED) is 0.376. The first-order chi connectivity index (χ1) is 2.83. The molecule has 0 bridgehead atoms. The first kappa shape index (κ1) is 9.36. The highest BCUT2D eigenvalue weighted by Crippen LogP contribution is 1.56. The molecule has 0 aliphatic carbocycles. The number of hydrogen-bond acceptors (Lipinski definition) is 1. The largest absolute Gasteiger partial charge is 0.690 e. The molecule has 0 spiro atoms. The van der Waals surface area contributed by atoms with Gasteiger partial charge in [-0.05, 0) is 0 Å². The van der Waals surface area contributed by atoms with E-state index >= 15 is 0 Å². The van der Waals surface area contributed by atoms with Crippen LogP contribution in [0.25, 0.3) is 0 Å². The minimum Gasteiger partial charge on any atom is -0.0737 e. The van der Waals surface area contributed by atoms with E-state index in [-0.39, 0.29) is 0 Å². The SMILES string of the molecule is CCC.O=[S+]O. The summed E-state index contributed by atoms with van der Waals surface area (Å²) in [5.74, 6) is 0. The average Bonchev–Trinajstić information content (AvgIpc) is 1.39. The smallest absolute Gasteiger partial charge is 0.0737 e. The van der Waals surface area contributed by atoms with Gasteiger partial charge in [0, 0.05) is 0 Å². The summed E-state index contributed by atoms with van der Waals surface area (Å²) in [6, 6.07) is 0. The van der Waals surface area contributed by atoms with E-state index in [4.69, 9.17) is 8.76 Å². The number of rotatable bonds is 0. The van der Waals surface area contributed by atoms with Gasteiger partial charge in [0.05, 0.1) is 4.21 Å². The predicted octanol–water partition coefficient (Wildman–Crippen LogP) is 1.30. The van der Waals surface area contributed by atoms with Crippen LogP contribution >= 0.6 is 0 Å². The maximum atomic E-state index is 8.40. The van der Waals surface area contributed by atoms with E-state index in [2.05, 4.69) is 13.8 Å². The lowest BCUT2D eigenvalue weighted by Gasteiger charge is -1.48.